The molecule has 0 aromatic carbocycles. The fraction of sp³-hybridized carbons (Fsp3) is 0.941. The van der Waals surface area contributed by atoms with Crippen LogP contribution < -0.4 is 10.6 Å². The zero-order valence-corrected chi connectivity index (χ0v) is 14.4. The quantitative estimate of drug-likeness (QED) is 0.672. The molecule has 128 valence electrons. The van der Waals surface area contributed by atoms with Crippen molar-refractivity contribution in [1.29, 1.82) is 0 Å². The highest BCUT2D eigenvalue weighted by atomic mass is 16.3. The molecule has 3 N–H and O–H groups in total. The van der Waals surface area contributed by atoms with Gasteiger partial charge in [-0.3, -0.25) is 4.90 Å². The summed E-state index contributed by atoms with van der Waals surface area (Å²) in [5, 5.41) is 15.2. The molecule has 0 spiro atoms. The number of carbonyl (C=O) groups is 1. The third-order valence-electron chi connectivity index (χ3n) is 5.45. The fourth-order valence-electron chi connectivity index (χ4n) is 3.24. The Morgan fingerprint density at radius 3 is 2.41 bits per heavy atom. The van der Waals surface area contributed by atoms with Crippen molar-refractivity contribution in [3.8, 4) is 0 Å². The Labute approximate surface area is 134 Å². The number of hydrogen-bond donors (Lipinski definition) is 3. The Hall–Kier alpha value is -0.810. The van der Waals surface area contributed by atoms with Crippen LogP contribution in [0.15, 0.2) is 0 Å². The van der Waals surface area contributed by atoms with E-state index < -0.39 is 0 Å². The van der Waals surface area contributed by atoms with Crippen molar-refractivity contribution in [2.75, 3.05) is 32.8 Å². The molecule has 2 fully saturated rings. The molecule has 2 rings (SSSR count). The normalized spacial score (nSPS) is 23.3. The summed E-state index contributed by atoms with van der Waals surface area (Å²) in [6, 6.07) is 0.307. The standard InChI is InChI=1S/C17H33N3O2/c1-13(2)15(20-8-4-14(3)5-9-20)10-18-16(22)19-11-17(12-21)6-7-17/h13-15,21H,4-12H2,1-3H3,(H2,18,19,22). The van der Waals surface area contributed by atoms with E-state index in [1.54, 1.807) is 0 Å². The van der Waals surface area contributed by atoms with E-state index in [-0.39, 0.29) is 18.1 Å². The summed E-state index contributed by atoms with van der Waals surface area (Å²) in [4.78, 5) is 14.5. The van der Waals surface area contributed by atoms with Gasteiger partial charge >= 0.3 is 6.03 Å². The van der Waals surface area contributed by atoms with Gasteiger partial charge in [-0.25, -0.2) is 4.79 Å². The Balaban J connectivity index is 1.73. The van der Waals surface area contributed by atoms with Gasteiger partial charge in [0.1, 0.15) is 0 Å². The van der Waals surface area contributed by atoms with E-state index in [0.717, 1.165) is 31.8 Å². The minimum atomic E-state index is -0.101. The molecule has 1 atom stereocenters. The lowest BCUT2D eigenvalue weighted by molar-refractivity contribution is 0.108. The van der Waals surface area contributed by atoms with E-state index in [2.05, 4.69) is 36.3 Å². The number of urea groups is 1. The molecule has 0 aromatic heterocycles. The lowest BCUT2D eigenvalue weighted by atomic mass is 9.94. The first-order chi connectivity index (χ1) is 10.5. The molecule has 2 amide bonds. The second-order valence-electron chi connectivity index (χ2n) is 7.75. The smallest absolute Gasteiger partial charge is 0.314 e. The van der Waals surface area contributed by atoms with Crippen LogP contribution in [-0.4, -0.2) is 54.9 Å². The molecule has 5 heteroatoms. The van der Waals surface area contributed by atoms with E-state index >= 15 is 0 Å². The van der Waals surface area contributed by atoms with Crippen LogP contribution in [0, 0.1) is 17.3 Å². The third kappa shape index (κ3) is 4.85. The second kappa shape index (κ2) is 7.64. The monoisotopic (exact) mass is 311 g/mol. The van der Waals surface area contributed by atoms with Gasteiger partial charge < -0.3 is 15.7 Å². The molecular weight excluding hydrogens is 278 g/mol. The Kier molecular flexibility index (Phi) is 6.09. The average molecular weight is 311 g/mol. The van der Waals surface area contributed by atoms with Gasteiger partial charge in [0.05, 0.1) is 6.61 Å². The minimum absolute atomic E-state index is 0.0300. The summed E-state index contributed by atoms with van der Waals surface area (Å²) in [6.07, 6.45) is 4.55. The number of likely N-dealkylation sites (tertiary alicyclic amines) is 1. The Morgan fingerprint density at radius 2 is 1.91 bits per heavy atom. The van der Waals surface area contributed by atoms with Crippen molar-refractivity contribution in [3.05, 3.63) is 0 Å². The van der Waals surface area contributed by atoms with Crippen LogP contribution >= 0.6 is 0 Å². The number of amides is 2. The number of aliphatic hydroxyl groups is 1. The predicted octanol–water partition coefficient (Wildman–Crippen LogP) is 1.81. The summed E-state index contributed by atoms with van der Waals surface area (Å²) < 4.78 is 0. The summed E-state index contributed by atoms with van der Waals surface area (Å²) in [5.41, 5.74) is -0.0300. The van der Waals surface area contributed by atoms with Gasteiger partial charge in [-0.1, -0.05) is 20.8 Å². The van der Waals surface area contributed by atoms with E-state index in [0.29, 0.717) is 25.0 Å². The molecule has 0 aromatic rings. The van der Waals surface area contributed by atoms with Crippen LogP contribution in [0.4, 0.5) is 4.79 Å². The number of nitrogens with zero attached hydrogens (tertiary/aromatic N) is 1. The van der Waals surface area contributed by atoms with Gasteiger partial charge in [0.15, 0.2) is 0 Å². The maximum absolute atomic E-state index is 12.0. The van der Waals surface area contributed by atoms with Gasteiger partial charge in [0.25, 0.3) is 0 Å². The van der Waals surface area contributed by atoms with Gasteiger partial charge in [-0.15, -0.1) is 0 Å². The van der Waals surface area contributed by atoms with Crippen LogP contribution in [0.3, 0.4) is 0 Å². The molecule has 5 nitrogen and oxygen atoms in total. The van der Waals surface area contributed by atoms with Crippen molar-refractivity contribution in [2.45, 2.75) is 52.5 Å². The lowest BCUT2D eigenvalue weighted by Crippen LogP contribution is -2.51. The van der Waals surface area contributed by atoms with Crippen molar-refractivity contribution >= 4 is 6.03 Å². The highest BCUT2D eigenvalue weighted by Crippen LogP contribution is 2.44. The molecule has 0 radical (unpaired) electrons. The number of hydrogen-bond acceptors (Lipinski definition) is 3. The Morgan fingerprint density at radius 1 is 1.27 bits per heavy atom. The first-order valence-electron chi connectivity index (χ1n) is 8.82. The van der Waals surface area contributed by atoms with Crippen LogP contribution in [0.2, 0.25) is 0 Å². The minimum Gasteiger partial charge on any atom is -0.396 e. The third-order valence-corrected chi connectivity index (χ3v) is 5.45. The first kappa shape index (κ1) is 17.5. The summed E-state index contributed by atoms with van der Waals surface area (Å²) >= 11 is 0. The van der Waals surface area contributed by atoms with Gasteiger partial charge in [-0.2, -0.15) is 0 Å². The number of nitrogens with one attached hydrogen (secondary N) is 2. The molecule has 1 aliphatic carbocycles. The van der Waals surface area contributed by atoms with E-state index in [4.69, 9.17) is 0 Å². The molecule has 1 heterocycles. The van der Waals surface area contributed by atoms with Crippen molar-refractivity contribution in [3.63, 3.8) is 0 Å². The molecule has 1 unspecified atom stereocenters. The summed E-state index contributed by atoms with van der Waals surface area (Å²) in [5.74, 6) is 1.36. The van der Waals surface area contributed by atoms with E-state index in [9.17, 15) is 9.90 Å². The average Bonchev–Trinajstić information content (AvgIpc) is 3.27. The number of rotatable bonds is 7. The molecular formula is C17H33N3O2. The second-order valence-corrected chi connectivity index (χ2v) is 7.75. The molecule has 2 aliphatic rings. The highest BCUT2D eigenvalue weighted by molar-refractivity contribution is 5.73. The number of aliphatic hydroxyl groups excluding tert-OH is 1. The largest absolute Gasteiger partial charge is 0.396 e. The van der Waals surface area contributed by atoms with Gasteiger partial charge in [0.2, 0.25) is 0 Å². The molecule has 1 saturated carbocycles. The molecule has 22 heavy (non-hydrogen) atoms. The SMILES string of the molecule is CC1CCN(C(CNC(=O)NCC2(CO)CC2)C(C)C)CC1. The number of carbonyl (C=O) groups excluding carboxylic acids is 1. The van der Waals surface area contributed by atoms with E-state index in [1.165, 1.54) is 12.8 Å². The zero-order valence-electron chi connectivity index (χ0n) is 14.4. The highest BCUT2D eigenvalue weighted by Gasteiger charge is 2.42. The van der Waals surface area contributed by atoms with Gasteiger partial charge in [-0.05, 0) is 50.6 Å². The summed E-state index contributed by atoms with van der Waals surface area (Å²) in [6.45, 7) is 10.5. The molecule has 1 saturated heterocycles. The van der Waals surface area contributed by atoms with E-state index in [1.807, 2.05) is 0 Å². The van der Waals surface area contributed by atoms with Gasteiger partial charge in [0, 0.05) is 24.5 Å². The zero-order chi connectivity index (χ0) is 16.2. The lowest BCUT2D eigenvalue weighted by Gasteiger charge is -2.38. The maximum Gasteiger partial charge on any atom is 0.314 e. The predicted molar refractivity (Wildman–Crippen MR) is 88.8 cm³/mol. The first-order valence-corrected chi connectivity index (χ1v) is 8.82. The van der Waals surface area contributed by atoms with Crippen LogP contribution in [0.1, 0.15) is 46.5 Å². The summed E-state index contributed by atoms with van der Waals surface area (Å²) in [7, 11) is 0. The number of piperidine rings is 1. The molecule has 1 aliphatic heterocycles. The maximum atomic E-state index is 12.0. The van der Waals surface area contributed by atoms with Crippen LogP contribution in [-0.2, 0) is 0 Å². The topological polar surface area (TPSA) is 64.6 Å². The van der Waals surface area contributed by atoms with Crippen LogP contribution in [0.25, 0.3) is 0 Å². The van der Waals surface area contributed by atoms with Crippen LogP contribution in [0.5, 0.6) is 0 Å². The van der Waals surface area contributed by atoms with Crippen molar-refractivity contribution < 1.29 is 9.90 Å². The van der Waals surface area contributed by atoms with Crippen molar-refractivity contribution in [1.82, 2.24) is 15.5 Å². The Bertz CT molecular complexity index is 361. The fourth-order valence-corrected chi connectivity index (χ4v) is 3.24. The van der Waals surface area contributed by atoms with Crippen molar-refractivity contribution in [2.24, 2.45) is 17.3 Å². The molecule has 0 bridgehead atoms.